The molecule has 2 aromatic heterocycles. The van der Waals surface area contributed by atoms with Gasteiger partial charge >= 0.3 is 0 Å². The van der Waals surface area contributed by atoms with Crippen LogP contribution in [0.3, 0.4) is 0 Å². The maximum atomic E-state index is 5.96. The van der Waals surface area contributed by atoms with Gasteiger partial charge in [0.2, 0.25) is 5.88 Å². The van der Waals surface area contributed by atoms with Gasteiger partial charge in [-0.25, -0.2) is 9.38 Å². The Morgan fingerprint density at radius 2 is 2.08 bits per heavy atom. The van der Waals surface area contributed by atoms with Crippen LogP contribution >= 0.6 is 34.9 Å². The van der Waals surface area contributed by atoms with Gasteiger partial charge in [-0.1, -0.05) is 29.0 Å². The Morgan fingerprint density at radius 1 is 1.20 bits per heavy atom. The van der Waals surface area contributed by atoms with Crippen molar-refractivity contribution >= 4 is 40.7 Å². The molecule has 0 atom stereocenters. The van der Waals surface area contributed by atoms with Crippen LogP contribution in [0.2, 0.25) is 4.34 Å². The fraction of sp³-hybridized carbons (Fsp3) is 0.444. The quantitative estimate of drug-likeness (QED) is 0.678. The van der Waals surface area contributed by atoms with Gasteiger partial charge in [0.15, 0.2) is 5.06 Å². The van der Waals surface area contributed by atoms with Crippen molar-refractivity contribution in [1.82, 2.24) is 9.88 Å². The van der Waals surface area contributed by atoms with Crippen LogP contribution < -0.4 is 4.74 Å². The lowest BCUT2D eigenvalue weighted by Gasteiger charge is -2.55. The van der Waals surface area contributed by atoms with Crippen LogP contribution in [0.4, 0.5) is 0 Å². The third-order valence-corrected chi connectivity index (χ3v) is 7.34. The first-order valence-electron chi connectivity index (χ1n) is 8.61. The second kappa shape index (κ2) is 6.18. The molecule has 0 radical (unpaired) electrons. The lowest BCUT2D eigenvalue weighted by molar-refractivity contribution is 0.152. The maximum absolute atomic E-state index is 5.96. The van der Waals surface area contributed by atoms with Crippen molar-refractivity contribution in [1.29, 1.82) is 0 Å². The Bertz CT molecular complexity index is 812. The molecule has 2 aromatic rings. The zero-order chi connectivity index (χ0) is 16.9. The number of amidine groups is 1. The van der Waals surface area contributed by atoms with Gasteiger partial charge in [-0.2, -0.15) is 0 Å². The molecule has 0 amide bonds. The second-order valence-electron chi connectivity index (χ2n) is 6.80. The third-order valence-electron chi connectivity index (χ3n) is 5.57. The Morgan fingerprint density at radius 3 is 2.80 bits per heavy atom. The molecule has 3 aliphatic heterocycles. The molecule has 130 valence electrons. The number of fused-ring (bicyclic) bond motifs is 2. The van der Waals surface area contributed by atoms with Crippen LogP contribution in [-0.2, 0) is 5.41 Å². The molecule has 0 spiro atoms. The van der Waals surface area contributed by atoms with Crippen LogP contribution in [0.25, 0.3) is 0 Å². The number of piperidine rings is 2. The summed E-state index contributed by atoms with van der Waals surface area (Å²) in [6.45, 7) is 1.13. The molecule has 6 rings (SSSR count). The minimum Gasteiger partial charge on any atom is -0.428 e. The van der Waals surface area contributed by atoms with E-state index in [1.165, 1.54) is 48.4 Å². The fourth-order valence-corrected chi connectivity index (χ4v) is 6.00. The summed E-state index contributed by atoms with van der Waals surface area (Å²) in [4.78, 5) is 7.12. The fourth-order valence-electron chi connectivity index (χ4n) is 4.35. The van der Waals surface area contributed by atoms with E-state index in [1.807, 2.05) is 24.4 Å². The van der Waals surface area contributed by atoms with Gasteiger partial charge in [-0.3, -0.25) is 0 Å². The van der Waals surface area contributed by atoms with E-state index >= 15 is 0 Å². The van der Waals surface area contributed by atoms with Gasteiger partial charge in [-0.15, -0.1) is 0 Å². The summed E-state index contributed by atoms with van der Waals surface area (Å²) in [5.41, 5.74) is 1.31. The minimum atomic E-state index is 0.0416. The molecule has 5 heterocycles. The SMILES string of the molecule is Clc1ccc(Oc2ccc(C34CCC(CC3)N3CCSN=C34)cn2)s1. The number of aromatic nitrogens is 1. The molecule has 4 nitrogen and oxygen atoms in total. The summed E-state index contributed by atoms with van der Waals surface area (Å²) < 4.78 is 11.4. The zero-order valence-corrected chi connectivity index (χ0v) is 16.0. The van der Waals surface area contributed by atoms with Gasteiger partial charge in [-0.05, 0) is 55.3 Å². The Kier molecular flexibility index (Phi) is 3.95. The number of halogens is 1. The molecule has 0 unspecified atom stereocenters. The van der Waals surface area contributed by atoms with E-state index in [1.54, 1.807) is 11.9 Å². The number of pyridine rings is 1. The van der Waals surface area contributed by atoms with Gasteiger partial charge in [0.05, 0.1) is 9.75 Å². The van der Waals surface area contributed by atoms with Gasteiger partial charge in [0, 0.05) is 30.6 Å². The van der Waals surface area contributed by atoms with Crippen molar-refractivity contribution in [3.05, 3.63) is 40.4 Å². The van der Waals surface area contributed by atoms with E-state index in [-0.39, 0.29) is 5.41 Å². The maximum Gasteiger partial charge on any atom is 0.220 e. The average molecular weight is 392 g/mol. The topological polar surface area (TPSA) is 37.7 Å². The third kappa shape index (κ3) is 2.66. The van der Waals surface area contributed by atoms with Crippen molar-refractivity contribution in [2.24, 2.45) is 4.40 Å². The van der Waals surface area contributed by atoms with Crippen molar-refractivity contribution < 1.29 is 4.74 Å². The molecule has 25 heavy (non-hydrogen) atoms. The van der Waals surface area contributed by atoms with E-state index < -0.39 is 0 Å². The van der Waals surface area contributed by atoms with E-state index in [0.717, 1.165) is 21.7 Å². The van der Waals surface area contributed by atoms with Gasteiger partial charge in [0.1, 0.15) is 5.84 Å². The van der Waals surface area contributed by atoms with E-state index in [2.05, 4.69) is 16.0 Å². The number of ether oxygens (including phenoxy) is 1. The molecular formula is C18H18ClN3OS2. The predicted octanol–water partition coefficient (Wildman–Crippen LogP) is 5.15. The Labute approximate surface area is 160 Å². The molecule has 4 aliphatic rings. The van der Waals surface area contributed by atoms with Crippen molar-refractivity contribution in [2.45, 2.75) is 37.1 Å². The van der Waals surface area contributed by atoms with E-state index in [9.17, 15) is 0 Å². The molecule has 3 fully saturated rings. The number of nitrogens with zero attached hydrogens (tertiary/aromatic N) is 3. The summed E-state index contributed by atoms with van der Waals surface area (Å²) in [5, 5.41) is 0.765. The molecule has 0 aromatic carbocycles. The highest BCUT2D eigenvalue weighted by Gasteiger charge is 2.51. The van der Waals surface area contributed by atoms with Crippen molar-refractivity contribution in [3.63, 3.8) is 0 Å². The van der Waals surface area contributed by atoms with E-state index in [4.69, 9.17) is 20.7 Å². The second-order valence-corrected chi connectivity index (χ2v) is 9.33. The molecular weight excluding hydrogens is 374 g/mol. The molecule has 1 aliphatic carbocycles. The first kappa shape index (κ1) is 16.0. The molecule has 1 saturated carbocycles. The molecule has 0 N–H and O–H groups in total. The summed E-state index contributed by atoms with van der Waals surface area (Å²) in [7, 11) is 0. The largest absolute Gasteiger partial charge is 0.428 e. The molecule has 2 bridgehead atoms. The number of thiophene rings is 1. The first-order chi connectivity index (χ1) is 12.2. The van der Waals surface area contributed by atoms with Crippen LogP contribution in [0.15, 0.2) is 34.9 Å². The highest BCUT2D eigenvalue weighted by Crippen LogP contribution is 2.49. The Hall–Kier alpha value is -1.24. The monoisotopic (exact) mass is 391 g/mol. The number of rotatable bonds is 3. The van der Waals surface area contributed by atoms with Crippen molar-refractivity contribution in [2.75, 3.05) is 12.3 Å². The molecule has 2 saturated heterocycles. The average Bonchev–Trinajstić information content (AvgIpc) is 3.08. The molecule has 7 heteroatoms. The highest BCUT2D eigenvalue weighted by molar-refractivity contribution is 7.98. The van der Waals surface area contributed by atoms with Gasteiger partial charge < -0.3 is 9.64 Å². The standard InChI is InChI=1S/C18H18ClN3OS2/c19-14-2-4-16(25-14)23-15-3-1-12(11-20-15)18-7-5-13(6-8-18)22-9-10-24-21-17(18)22/h1-4,11,13H,5-10H2. The summed E-state index contributed by atoms with van der Waals surface area (Å²) >= 11 is 9.08. The zero-order valence-electron chi connectivity index (χ0n) is 13.7. The minimum absolute atomic E-state index is 0.0416. The lowest BCUT2D eigenvalue weighted by atomic mass is 9.63. The summed E-state index contributed by atoms with van der Waals surface area (Å²) in [6.07, 6.45) is 6.85. The number of hydrogen-bond donors (Lipinski definition) is 0. The highest BCUT2D eigenvalue weighted by atomic mass is 35.5. The predicted molar refractivity (Wildman–Crippen MR) is 104 cm³/mol. The van der Waals surface area contributed by atoms with Crippen molar-refractivity contribution in [3.8, 4) is 10.9 Å². The van der Waals surface area contributed by atoms with Crippen LogP contribution in [0.5, 0.6) is 10.9 Å². The Balaban J connectivity index is 1.45. The normalized spacial score (nSPS) is 27.8. The summed E-state index contributed by atoms with van der Waals surface area (Å²) in [5.74, 6) is 3.00. The van der Waals surface area contributed by atoms with Gasteiger partial charge in [0.25, 0.3) is 0 Å². The van der Waals surface area contributed by atoms with Crippen LogP contribution in [0, 0.1) is 0 Å². The first-order valence-corrected chi connectivity index (χ1v) is 10.8. The van der Waals surface area contributed by atoms with Crippen LogP contribution in [-0.4, -0.2) is 34.1 Å². The van der Waals surface area contributed by atoms with E-state index in [0.29, 0.717) is 11.9 Å². The summed E-state index contributed by atoms with van der Waals surface area (Å²) in [6, 6.07) is 8.54. The smallest absolute Gasteiger partial charge is 0.220 e. The van der Waals surface area contributed by atoms with Crippen LogP contribution in [0.1, 0.15) is 31.2 Å². The lowest BCUT2D eigenvalue weighted by Crippen LogP contribution is -2.61. The number of hydrogen-bond acceptors (Lipinski definition) is 6.